The number of aryl methyl sites for hydroxylation is 1. The lowest BCUT2D eigenvalue weighted by Gasteiger charge is -2.27. The van der Waals surface area contributed by atoms with Gasteiger partial charge in [-0.05, 0) is 45.1 Å². The molecular weight excluding hydrogens is 328 g/mol. The van der Waals surface area contributed by atoms with Gasteiger partial charge in [-0.15, -0.1) is 0 Å². The van der Waals surface area contributed by atoms with E-state index in [0.717, 1.165) is 46.7 Å². The van der Waals surface area contributed by atoms with Gasteiger partial charge in [0, 0.05) is 34.4 Å². The Kier molecular flexibility index (Phi) is 4.86. The van der Waals surface area contributed by atoms with Crippen molar-refractivity contribution in [1.82, 2.24) is 0 Å². The Bertz CT molecular complexity index is 924. The highest BCUT2D eigenvalue weighted by molar-refractivity contribution is 6.00. The molecular formula is C22H24O4. The Balaban J connectivity index is 2.34. The van der Waals surface area contributed by atoms with Crippen molar-refractivity contribution in [2.45, 2.75) is 47.0 Å². The molecule has 3 rings (SSSR count). The predicted molar refractivity (Wildman–Crippen MR) is 102 cm³/mol. The summed E-state index contributed by atoms with van der Waals surface area (Å²) in [6, 6.07) is 5.87. The standard InChI is InChI=1S/C22H24O4/c1-12(2)22(24)26-21-17-9-7-13(3)10-18(17)20(25-15(5)23)16-8-6-14(4)11-19(16)21/h7,9-10,14H,1,6,8,11H2,2-5H3. The van der Waals surface area contributed by atoms with Gasteiger partial charge in [0.05, 0.1) is 0 Å². The van der Waals surface area contributed by atoms with Crippen LogP contribution >= 0.6 is 0 Å². The molecule has 4 nitrogen and oxygen atoms in total. The summed E-state index contributed by atoms with van der Waals surface area (Å²) in [7, 11) is 0. The van der Waals surface area contributed by atoms with Crippen LogP contribution in [-0.4, -0.2) is 11.9 Å². The molecule has 1 atom stereocenters. The minimum atomic E-state index is -0.437. The number of rotatable bonds is 3. The van der Waals surface area contributed by atoms with Crippen molar-refractivity contribution in [3.8, 4) is 11.5 Å². The van der Waals surface area contributed by atoms with Crippen LogP contribution in [0.2, 0.25) is 0 Å². The van der Waals surface area contributed by atoms with E-state index in [1.807, 2.05) is 25.1 Å². The predicted octanol–water partition coefficient (Wildman–Crippen LogP) is 4.68. The smallest absolute Gasteiger partial charge is 0.338 e. The molecule has 0 amide bonds. The fourth-order valence-electron chi connectivity index (χ4n) is 3.52. The quantitative estimate of drug-likeness (QED) is 0.457. The molecule has 2 aromatic rings. The third kappa shape index (κ3) is 3.36. The second-order valence-corrected chi connectivity index (χ2v) is 7.28. The first-order valence-corrected chi connectivity index (χ1v) is 8.92. The highest BCUT2D eigenvalue weighted by atomic mass is 16.5. The number of ether oxygens (including phenoxy) is 2. The average molecular weight is 352 g/mol. The maximum Gasteiger partial charge on any atom is 0.338 e. The number of hydrogen-bond donors (Lipinski definition) is 0. The highest BCUT2D eigenvalue weighted by Gasteiger charge is 2.28. The average Bonchev–Trinajstić information content (AvgIpc) is 2.57. The molecule has 2 aromatic carbocycles. The summed E-state index contributed by atoms with van der Waals surface area (Å²) in [5, 5.41) is 1.59. The van der Waals surface area contributed by atoms with E-state index in [1.165, 1.54) is 6.92 Å². The maximum atomic E-state index is 12.2. The number of hydrogen-bond acceptors (Lipinski definition) is 4. The Morgan fingerprint density at radius 3 is 2.42 bits per heavy atom. The zero-order chi connectivity index (χ0) is 19.0. The van der Waals surface area contributed by atoms with E-state index in [1.54, 1.807) is 6.92 Å². The van der Waals surface area contributed by atoms with E-state index < -0.39 is 5.97 Å². The van der Waals surface area contributed by atoms with Gasteiger partial charge in [0.1, 0.15) is 11.5 Å². The minimum Gasteiger partial charge on any atom is -0.426 e. The van der Waals surface area contributed by atoms with Crippen LogP contribution in [-0.2, 0) is 22.4 Å². The molecule has 4 heteroatoms. The normalized spacial score (nSPS) is 16.1. The van der Waals surface area contributed by atoms with Gasteiger partial charge in [0.25, 0.3) is 0 Å². The van der Waals surface area contributed by atoms with Crippen molar-refractivity contribution in [3.05, 3.63) is 47.0 Å². The molecule has 0 saturated carbocycles. The molecule has 0 N–H and O–H groups in total. The lowest BCUT2D eigenvalue weighted by molar-refractivity contribution is -0.132. The van der Waals surface area contributed by atoms with Crippen LogP contribution in [0.15, 0.2) is 30.4 Å². The maximum absolute atomic E-state index is 12.2. The third-order valence-electron chi connectivity index (χ3n) is 4.81. The Morgan fingerprint density at radius 2 is 1.77 bits per heavy atom. The molecule has 1 unspecified atom stereocenters. The van der Waals surface area contributed by atoms with Crippen LogP contribution < -0.4 is 9.47 Å². The first-order chi connectivity index (χ1) is 12.3. The highest BCUT2D eigenvalue weighted by Crippen LogP contribution is 2.45. The summed E-state index contributed by atoms with van der Waals surface area (Å²) >= 11 is 0. The fourth-order valence-corrected chi connectivity index (χ4v) is 3.52. The van der Waals surface area contributed by atoms with Crippen LogP contribution in [0.3, 0.4) is 0 Å². The molecule has 0 heterocycles. The lowest BCUT2D eigenvalue weighted by Crippen LogP contribution is -2.18. The van der Waals surface area contributed by atoms with Crippen LogP contribution in [0.5, 0.6) is 11.5 Å². The van der Waals surface area contributed by atoms with Gasteiger partial charge in [-0.2, -0.15) is 0 Å². The molecule has 0 spiro atoms. The number of esters is 2. The van der Waals surface area contributed by atoms with Gasteiger partial charge < -0.3 is 9.47 Å². The van der Waals surface area contributed by atoms with Gasteiger partial charge in [0.2, 0.25) is 0 Å². The third-order valence-corrected chi connectivity index (χ3v) is 4.81. The van der Waals surface area contributed by atoms with Crippen LogP contribution in [0.25, 0.3) is 10.8 Å². The van der Waals surface area contributed by atoms with Crippen molar-refractivity contribution in [1.29, 1.82) is 0 Å². The summed E-state index contributed by atoms with van der Waals surface area (Å²) < 4.78 is 11.4. The molecule has 1 aliphatic rings. The Hall–Kier alpha value is -2.62. The first-order valence-electron chi connectivity index (χ1n) is 8.92. The summed E-state index contributed by atoms with van der Waals surface area (Å²) in [4.78, 5) is 24.0. The van der Waals surface area contributed by atoms with E-state index >= 15 is 0 Å². The Morgan fingerprint density at radius 1 is 1.08 bits per heavy atom. The SMILES string of the molecule is C=C(C)C(=O)Oc1c2c(c(OC(C)=O)c3cc(C)ccc13)CCC(C)C2. The topological polar surface area (TPSA) is 52.6 Å². The van der Waals surface area contributed by atoms with Gasteiger partial charge >= 0.3 is 11.9 Å². The van der Waals surface area contributed by atoms with E-state index in [9.17, 15) is 9.59 Å². The molecule has 0 radical (unpaired) electrons. The molecule has 0 saturated heterocycles. The number of benzene rings is 2. The first kappa shape index (κ1) is 18.2. The van der Waals surface area contributed by atoms with Gasteiger partial charge in [-0.1, -0.05) is 31.2 Å². The number of fused-ring (bicyclic) bond motifs is 2. The molecule has 26 heavy (non-hydrogen) atoms. The fraction of sp³-hybridized carbons (Fsp3) is 0.364. The van der Waals surface area contributed by atoms with Gasteiger partial charge in [0.15, 0.2) is 0 Å². The van der Waals surface area contributed by atoms with Crippen LogP contribution in [0.4, 0.5) is 0 Å². The van der Waals surface area contributed by atoms with Crippen molar-refractivity contribution >= 4 is 22.7 Å². The van der Waals surface area contributed by atoms with E-state index in [2.05, 4.69) is 13.5 Å². The summed E-state index contributed by atoms with van der Waals surface area (Å²) in [5.41, 5.74) is 3.34. The minimum absolute atomic E-state index is 0.347. The van der Waals surface area contributed by atoms with Crippen molar-refractivity contribution < 1.29 is 19.1 Å². The van der Waals surface area contributed by atoms with E-state index in [4.69, 9.17) is 9.47 Å². The molecule has 0 aromatic heterocycles. The van der Waals surface area contributed by atoms with Crippen molar-refractivity contribution in [2.75, 3.05) is 0 Å². The van der Waals surface area contributed by atoms with Crippen LogP contribution in [0.1, 0.15) is 43.9 Å². The molecule has 0 bridgehead atoms. The number of carbonyl (C=O) groups excluding carboxylic acids is 2. The monoisotopic (exact) mass is 352 g/mol. The summed E-state index contributed by atoms with van der Waals surface area (Å²) in [6.45, 7) is 10.9. The van der Waals surface area contributed by atoms with Crippen molar-refractivity contribution in [3.63, 3.8) is 0 Å². The zero-order valence-electron chi connectivity index (χ0n) is 15.8. The summed E-state index contributed by atoms with van der Waals surface area (Å²) in [5.74, 6) is 0.865. The van der Waals surface area contributed by atoms with E-state index in [-0.39, 0.29) is 5.97 Å². The van der Waals surface area contributed by atoms with E-state index in [0.29, 0.717) is 23.0 Å². The zero-order valence-corrected chi connectivity index (χ0v) is 15.8. The van der Waals surface area contributed by atoms with Gasteiger partial charge in [-0.3, -0.25) is 4.79 Å². The van der Waals surface area contributed by atoms with Crippen molar-refractivity contribution in [2.24, 2.45) is 5.92 Å². The number of carbonyl (C=O) groups is 2. The largest absolute Gasteiger partial charge is 0.426 e. The molecule has 0 aliphatic heterocycles. The van der Waals surface area contributed by atoms with Crippen LogP contribution in [0, 0.1) is 12.8 Å². The van der Waals surface area contributed by atoms with Gasteiger partial charge in [-0.25, -0.2) is 4.79 Å². The molecule has 136 valence electrons. The Labute approximate surface area is 153 Å². The summed E-state index contributed by atoms with van der Waals surface area (Å²) in [6.07, 6.45) is 2.58. The second-order valence-electron chi connectivity index (χ2n) is 7.28. The lowest BCUT2D eigenvalue weighted by atomic mass is 9.82. The molecule has 1 aliphatic carbocycles. The second kappa shape index (κ2) is 6.94. The molecule has 0 fully saturated rings.